The average Bonchev–Trinajstić information content (AvgIpc) is 2.73. The molecular formula is C23H21IN2OS. The second-order valence-corrected chi connectivity index (χ2v) is 8.55. The van der Waals surface area contributed by atoms with Gasteiger partial charge in [-0.3, -0.25) is 4.79 Å². The van der Waals surface area contributed by atoms with E-state index in [1.54, 1.807) is 0 Å². The van der Waals surface area contributed by atoms with Gasteiger partial charge in [0, 0.05) is 20.6 Å². The third-order valence-electron chi connectivity index (χ3n) is 4.18. The van der Waals surface area contributed by atoms with Crippen LogP contribution < -0.4 is 5.43 Å². The maximum absolute atomic E-state index is 12.3. The van der Waals surface area contributed by atoms with Gasteiger partial charge in [-0.25, -0.2) is 5.43 Å². The summed E-state index contributed by atoms with van der Waals surface area (Å²) < 4.78 is 1.17. The highest BCUT2D eigenvalue weighted by Gasteiger charge is 2.05. The standard InChI is InChI=1S/C23H21IN2OS/c1-17(20-11-13-22(24)14-12-20)25-26-23(27)21-9-7-19(8-10-21)16-28-15-18-5-3-2-4-6-18/h2-14H,15-16H2,1H3,(H,26,27)/b25-17-. The minimum absolute atomic E-state index is 0.201. The molecule has 0 saturated carbocycles. The molecule has 1 N–H and O–H groups in total. The normalized spacial score (nSPS) is 11.3. The lowest BCUT2D eigenvalue weighted by Crippen LogP contribution is -2.19. The minimum atomic E-state index is -0.201. The number of nitrogens with one attached hydrogen (secondary N) is 1. The van der Waals surface area contributed by atoms with Gasteiger partial charge in [0.15, 0.2) is 0 Å². The second-order valence-electron chi connectivity index (χ2n) is 6.32. The van der Waals surface area contributed by atoms with Crippen molar-refractivity contribution in [2.24, 2.45) is 5.10 Å². The average molecular weight is 500 g/mol. The Morgan fingerprint density at radius 1 is 0.857 bits per heavy atom. The van der Waals surface area contributed by atoms with Crippen molar-refractivity contribution in [2.75, 3.05) is 0 Å². The van der Waals surface area contributed by atoms with E-state index in [9.17, 15) is 4.79 Å². The number of thioether (sulfide) groups is 1. The Morgan fingerprint density at radius 2 is 1.43 bits per heavy atom. The summed E-state index contributed by atoms with van der Waals surface area (Å²) in [5, 5.41) is 4.22. The Hall–Kier alpha value is -2.12. The molecule has 0 bridgehead atoms. The molecule has 3 aromatic rings. The Labute approximate surface area is 183 Å². The Kier molecular flexibility index (Phi) is 7.68. The minimum Gasteiger partial charge on any atom is -0.267 e. The summed E-state index contributed by atoms with van der Waals surface area (Å²) in [4.78, 5) is 12.3. The van der Waals surface area contributed by atoms with Crippen molar-refractivity contribution < 1.29 is 4.79 Å². The van der Waals surface area contributed by atoms with Crippen LogP contribution in [0, 0.1) is 3.57 Å². The summed E-state index contributed by atoms with van der Waals surface area (Å²) in [5.74, 6) is 1.70. The van der Waals surface area contributed by atoms with E-state index in [1.807, 2.05) is 73.3 Å². The molecule has 0 radical (unpaired) electrons. The van der Waals surface area contributed by atoms with Crippen molar-refractivity contribution in [3.05, 3.63) is 105 Å². The van der Waals surface area contributed by atoms with Crippen LogP contribution in [-0.4, -0.2) is 11.6 Å². The lowest BCUT2D eigenvalue weighted by molar-refractivity contribution is 0.0955. The highest BCUT2D eigenvalue weighted by Crippen LogP contribution is 2.18. The molecule has 1 amide bonds. The van der Waals surface area contributed by atoms with E-state index in [0.717, 1.165) is 22.8 Å². The Morgan fingerprint density at radius 3 is 2.07 bits per heavy atom. The lowest BCUT2D eigenvalue weighted by atomic mass is 10.1. The molecule has 3 aromatic carbocycles. The van der Waals surface area contributed by atoms with E-state index in [2.05, 4.69) is 57.4 Å². The number of halogens is 1. The number of nitrogens with zero attached hydrogens (tertiary/aromatic N) is 1. The van der Waals surface area contributed by atoms with Crippen LogP contribution in [-0.2, 0) is 11.5 Å². The Balaban J connectivity index is 1.51. The fourth-order valence-corrected chi connectivity index (χ4v) is 3.89. The first-order valence-corrected chi connectivity index (χ1v) is 11.2. The molecule has 3 rings (SSSR count). The van der Waals surface area contributed by atoms with Crippen molar-refractivity contribution in [1.82, 2.24) is 5.43 Å². The number of carbonyl (C=O) groups is 1. The Bertz CT molecular complexity index is 939. The van der Waals surface area contributed by atoms with Gasteiger partial charge in [-0.2, -0.15) is 16.9 Å². The maximum atomic E-state index is 12.3. The number of hydrazone groups is 1. The van der Waals surface area contributed by atoms with E-state index in [1.165, 1.54) is 14.7 Å². The second kappa shape index (κ2) is 10.4. The number of hydrogen-bond acceptors (Lipinski definition) is 3. The first-order valence-electron chi connectivity index (χ1n) is 8.93. The molecule has 0 aliphatic heterocycles. The van der Waals surface area contributed by atoms with E-state index in [0.29, 0.717) is 5.56 Å². The highest BCUT2D eigenvalue weighted by molar-refractivity contribution is 14.1. The summed E-state index contributed by atoms with van der Waals surface area (Å²) in [6.45, 7) is 1.88. The van der Waals surface area contributed by atoms with Crippen LogP contribution in [0.15, 0.2) is 84.0 Å². The van der Waals surface area contributed by atoms with E-state index in [4.69, 9.17) is 0 Å². The molecule has 0 heterocycles. The maximum Gasteiger partial charge on any atom is 0.271 e. The zero-order chi connectivity index (χ0) is 19.8. The topological polar surface area (TPSA) is 41.5 Å². The van der Waals surface area contributed by atoms with Crippen molar-refractivity contribution in [3.63, 3.8) is 0 Å². The number of benzene rings is 3. The van der Waals surface area contributed by atoms with Crippen molar-refractivity contribution in [3.8, 4) is 0 Å². The fraction of sp³-hybridized carbons (Fsp3) is 0.130. The van der Waals surface area contributed by atoms with E-state index < -0.39 is 0 Å². The molecule has 0 fully saturated rings. The molecule has 0 aromatic heterocycles. The predicted octanol–water partition coefficient (Wildman–Crippen LogP) is 5.88. The molecule has 5 heteroatoms. The molecule has 0 atom stereocenters. The van der Waals surface area contributed by atoms with E-state index in [-0.39, 0.29) is 5.91 Å². The van der Waals surface area contributed by atoms with Gasteiger partial charge in [0.05, 0.1) is 5.71 Å². The van der Waals surface area contributed by atoms with Crippen LogP contribution >= 0.6 is 34.4 Å². The first kappa shape index (κ1) is 20.6. The summed E-state index contributed by atoms with van der Waals surface area (Å²) in [7, 11) is 0. The molecule has 0 saturated heterocycles. The summed E-state index contributed by atoms with van der Waals surface area (Å²) >= 11 is 4.13. The van der Waals surface area contributed by atoms with Crippen LogP contribution in [0.3, 0.4) is 0 Å². The largest absolute Gasteiger partial charge is 0.271 e. The zero-order valence-corrected chi connectivity index (χ0v) is 18.5. The van der Waals surface area contributed by atoms with Crippen LogP contribution in [0.2, 0.25) is 0 Å². The first-order chi connectivity index (χ1) is 13.6. The van der Waals surface area contributed by atoms with Crippen LogP contribution in [0.5, 0.6) is 0 Å². The summed E-state index contributed by atoms with van der Waals surface area (Å²) in [6.07, 6.45) is 0. The molecular weight excluding hydrogens is 479 g/mol. The summed E-state index contributed by atoms with van der Waals surface area (Å²) in [5.41, 5.74) is 7.54. The molecule has 3 nitrogen and oxygen atoms in total. The van der Waals surface area contributed by atoms with Crippen LogP contribution in [0.25, 0.3) is 0 Å². The van der Waals surface area contributed by atoms with Gasteiger partial charge in [-0.15, -0.1) is 0 Å². The van der Waals surface area contributed by atoms with Gasteiger partial charge in [-0.1, -0.05) is 54.6 Å². The lowest BCUT2D eigenvalue weighted by Gasteiger charge is -2.05. The third kappa shape index (κ3) is 6.21. The molecule has 28 heavy (non-hydrogen) atoms. The van der Waals surface area contributed by atoms with Gasteiger partial charge in [0.25, 0.3) is 5.91 Å². The van der Waals surface area contributed by atoms with Crippen molar-refractivity contribution in [1.29, 1.82) is 0 Å². The van der Waals surface area contributed by atoms with Crippen molar-refractivity contribution in [2.45, 2.75) is 18.4 Å². The molecule has 142 valence electrons. The number of carbonyl (C=O) groups excluding carboxylic acids is 1. The molecule has 0 unspecified atom stereocenters. The van der Waals surface area contributed by atoms with Crippen LogP contribution in [0.4, 0.5) is 0 Å². The number of rotatable bonds is 7. The monoisotopic (exact) mass is 500 g/mol. The highest BCUT2D eigenvalue weighted by atomic mass is 127. The number of hydrogen-bond donors (Lipinski definition) is 1. The predicted molar refractivity (Wildman–Crippen MR) is 127 cm³/mol. The third-order valence-corrected chi connectivity index (χ3v) is 5.98. The summed E-state index contributed by atoms with van der Waals surface area (Å²) in [6, 6.07) is 26.2. The van der Waals surface area contributed by atoms with Gasteiger partial charge in [-0.05, 0) is 70.5 Å². The van der Waals surface area contributed by atoms with Gasteiger partial charge < -0.3 is 0 Å². The fourth-order valence-electron chi connectivity index (χ4n) is 2.57. The van der Waals surface area contributed by atoms with Crippen molar-refractivity contribution >= 4 is 46.0 Å². The van der Waals surface area contributed by atoms with E-state index >= 15 is 0 Å². The molecule has 0 spiro atoms. The quantitative estimate of drug-likeness (QED) is 0.250. The van der Waals surface area contributed by atoms with Crippen LogP contribution in [0.1, 0.15) is 34.0 Å². The van der Waals surface area contributed by atoms with Gasteiger partial charge in [0.1, 0.15) is 0 Å². The molecule has 0 aliphatic rings. The molecule has 0 aliphatic carbocycles. The number of amides is 1. The SMILES string of the molecule is C/C(=N/NC(=O)c1ccc(CSCc2ccccc2)cc1)c1ccc(I)cc1. The zero-order valence-electron chi connectivity index (χ0n) is 15.6. The van der Waals surface area contributed by atoms with Gasteiger partial charge in [0.2, 0.25) is 0 Å². The smallest absolute Gasteiger partial charge is 0.267 e. The van der Waals surface area contributed by atoms with Gasteiger partial charge >= 0.3 is 0 Å².